The number of piperazine rings is 1. The maximum atomic E-state index is 12.7. The Hall–Kier alpha value is -2.81. The number of ether oxygens (including phenoxy) is 4. The van der Waals surface area contributed by atoms with Gasteiger partial charge in [0, 0.05) is 24.2 Å². The van der Waals surface area contributed by atoms with Crippen LogP contribution in [-0.4, -0.2) is 52.0 Å². The number of carbonyl (C=O) groups is 1. The Morgan fingerprint density at radius 1 is 0.947 bits per heavy atom. The van der Waals surface area contributed by atoms with E-state index in [1.54, 1.807) is 24.1 Å². The summed E-state index contributed by atoms with van der Waals surface area (Å²) in [6, 6.07) is 20.7. The van der Waals surface area contributed by atoms with Gasteiger partial charge in [0.05, 0.1) is 62.8 Å². The Kier molecular flexibility index (Phi) is 10.7. The smallest absolute Gasteiger partial charge is 0.241 e. The molecule has 7 nitrogen and oxygen atoms in total. The van der Waals surface area contributed by atoms with E-state index in [1.807, 2.05) is 54.6 Å². The summed E-state index contributed by atoms with van der Waals surface area (Å²) in [6.07, 6.45) is 0.755. The van der Waals surface area contributed by atoms with Gasteiger partial charge in [0.2, 0.25) is 5.91 Å². The average molecular weight is 559 g/mol. The Balaban J connectivity index is 1.22. The van der Waals surface area contributed by atoms with Crippen LogP contribution in [0.2, 0.25) is 10.0 Å². The van der Waals surface area contributed by atoms with Gasteiger partial charge in [-0.25, -0.2) is 0 Å². The van der Waals surface area contributed by atoms with Crippen molar-refractivity contribution < 1.29 is 23.7 Å². The number of carbonyl (C=O) groups excluding carboxylic acids is 1. The molecule has 0 spiro atoms. The third kappa shape index (κ3) is 7.85. The second-order valence-electron chi connectivity index (χ2n) is 8.87. The van der Waals surface area contributed by atoms with E-state index in [9.17, 15) is 4.79 Å². The molecule has 3 aromatic rings. The predicted octanol–water partition coefficient (Wildman–Crippen LogP) is 5.51. The predicted molar refractivity (Wildman–Crippen MR) is 149 cm³/mol. The first-order valence-electron chi connectivity index (χ1n) is 12.5. The van der Waals surface area contributed by atoms with Gasteiger partial charge < -0.3 is 29.2 Å². The molecular formula is C29H32Cl2N2O5. The fourth-order valence-corrected chi connectivity index (χ4v) is 4.54. The highest BCUT2D eigenvalue weighted by Crippen LogP contribution is 2.25. The number of halogens is 2. The maximum Gasteiger partial charge on any atom is 0.241 e. The first-order valence-corrected chi connectivity index (χ1v) is 13.3. The third-order valence-corrected chi connectivity index (χ3v) is 6.86. The number of para-hydroxylation sites is 1. The minimum absolute atomic E-state index is 0.000232. The molecule has 1 atom stereocenters. The standard InChI is InChI=1S/C29H32Cl2N2O5/c1-35-28-6-3-2-5-22(28)19-36-13-4-14-38-25-10-8-23(9-11-25)33-24(16-32-17-29(33)34)20-37-18-21-7-12-26(30)27(31)15-21/h2-3,5-12,15,24,32H,4,13-14,16-20H2,1H3/t24-/m1/s1. The fourth-order valence-electron chi connectivity index (χ4n) is 4.21. The fraction of sp³-hybridized carbons (Fsp3) is 0.345. The van der Waals surface area contributed by atoms with E-state index >= 15 is 0 Å². The lowest BCUT2D eigenvalue weighted by molar-refractivity contribution is -0.119. The van der Waals surface area contributed by atoms with Crippen molar-refractivity contribution in [2.24, 2.45) is 0 Å². The highest BCUT2D eigenvalue weighted by atomic mass is 35.5. The van der Waals surface area contributed by atoms with Gasteiger partial charge in [-0.15, -0.1) is 0 Å². The topological polar surface area (TPSA) is 69.3 Å². The summed E-state index contributed by atoms with van der Waals surface area (Å²) in [7, 11) is 1.66. The number of nitrogens with zero attached hydrogens (tertiary/aromatic N) is 1. The lowest BCUT2D eigenvalue weighted by Crippen LogP contribution is -2.57. The van der Waals surface area contributed by atoms with Crippen molar-refractivity contribution in [3.8, 4) is 11.5 Å². The lowest BCUT2D eigenvalue weighted by atomic mass is 10.1. The van der Waals surface area contributed by atoms with Crippen molar-refractivity contribution in [1.29, 1.82) is 0 Å². The molecule has 9 heteroatoms. The molecule has 202 valence electrons. The normalized spacial score (nSPS) is 15.5. The van der Waals surface area contributed by atoms with Crippen LogP contribution >= 0.6 is 23.2 Å². The van der Waals surface area contributed by atoms with Gasteiger partial charge in [-0.3, -0.25) is 4.79 Å². The van der Waals surface area contributed by atoms with E-state index in [0.717, 1.165) is 34.7 Å². The summed E-state index contributed by atoms with van der Waals surface area (Å²) in [4.78, 5) is 14.5. The molecule has 0 unspecified atom stereocenters. The molecule has 0 aliphatic carbocycles. The van der Waals surface area contributed by atoms with Gasteiger partial charge in [0.25, 0.3) is 0 Å². The summed E-state index contributed by atoms with van der Waals surface area (Å²) in [6.45, 7) is 3.29. The number of benzene rings is 3. The molecule has 1 fully saturated rings. The highest BCUT2D eigenvalue weighted by molar-refractivity contribution is 6.42. The van der Waals surface area contributed by atoms with Crippen LogP contribution in [0.25, 0.3) is 0 Å². The zero-order valence-electron chi connectivity index (χ0n) is 21.3. The van der Waals surface area contributed by atoms with Crippen LogP contribution in [0.5, 0.6) is 11.5 Å². The second-order valence-corrected chi connectivity index (χ2v) is 9.69. The number of hydrogen-bond donors (Lipinski definition) is 1. The van der Waals surface area contributed by atoms with Crippen molar-refractivity contribution in [3.63, 3.8) is 0 Å². The molecule has 3 aromatic carbocycles. The molecule has 38 heavy (non-hydrogen) atoms. The zero-order chi connectivity index (χ0) is 26.7. The van der Waals surface area contributed by atoms with E-state index in [1.165, 1.54) is 0 Å². The number of methoxy groups -OCH3 is 1. The molecule has 4 rings (SSSR count). The molecule has 1 amide bonds. The van der Waals surface area contributed by atoms with Crippen LogP contribution in [0.15, 0.2) is 66.7 Å². The Bertz CT molecular complexity index is 1190. The van der Waals surface area contributed by atoms with E-state index in [4.69, 9.17) is 42.1 Å². The Labute approximate surface area is 233 Å². The van der Waals surface area contributed by atoms with Crippen molar-refractivity contribution in [2.45, 2.75) is 25.7 Å². The summed E-state index contributed by atoms with van der Waals surface area (Å²) < 4.78 is 22.9. The number of hydrogen-bond acceptors (Lipinski definition) is 6. The average Bonchev–Trinajstić information content (AvgIpc) is 2.93. The van der Waals surface area contributed by atoms with E-state index in [-0.39, 0.29) is 18.5 Å². The molecule has 1 saturated heterocycles. The van der Waals surface area contributed by atoms with Crippen LogP contribution in [-0.2, 0) is 27.5 Å². The first kappa shape index (κ1) is 28.2. The van der Waals surface area contributed by atoms with Gasteiger partial charge in [-0.05, 0) is 48.0 Å². The quantitative estimate of drug-likeness (QED) is 0.279. The molecule has 1 heterocycles. The van der Waals surface area contributed by atoms with Crippen LogP contribution in [0.3, 0.4) is 0 Å². The SMILES string of the molecule is COc1ccccc1COCCCOc1ccc(N2C(=O)CNC[C@@H]2COCc2ccc(Cl)c(Cl)c2)cc1. The van der Waals surface area contributed by atoms with E-state index < -0.39 is 0 Å². The molecular weight excluding hydrogens is 527 g/mol. The molecule has 0 aromatic heterocycles. The number of rotatable bonds is 13. The molecule has 0 radical (unpaired) electrons. The van der Waals surface area contributed by atoms with Gasteiger partial charge in [0.15, 0.2) is 0 Å². The summed E-state index contributed by atoms with van der Waals surface area (Å²) >= 11 is 12.1. The van der Waals surface area contributed by atoms with Gasteiger partial charge >= 0.3 is 0 Å². The van der Waals surface area contributed by atoms with Crippen molar-refractivity contribution >= 4 is 34.8 Å². The Morgan fingerprint density at radius 3 is 2.55 bits per heavy atom. The lowest BCUT2D eigenvalue weighted by Gasteiger charge is -2.36. The molecule has 1 aliphatic rings. The summed E-state index contributed by atoms with van der Waals surface area (Å²) in [5.41, 5.74) is 2.76. The van der Waals surface area contributed by atoms with Crippen LogP contribution in [0.1, 0.15) is 17.5 Å². The van der Waals surface area contributed by atoms with Gasteiger partial charge in [-0.1, -0.05) is 47.5 Å². The largest absolute Gasteiger partial charge is 0.496 e. The second kappa shape index (κ2) is 14.4. The number of nitrogens with one attached hydrogen (secondary N) is 1. The van der Waals surface area contributed by atoms with Crippen LogP contribution in [0.4, 0.5) is 5.69 Å². The monoisotopic (exact) mass is 558 g/mol. The summed E-state index contributed by atoms with van der Waals surface area (Å²) in [5, 5.41) is 4.17. The van der Waals surface area contributed by atoms with E-state index in [2.05, 4.69) is 5.32 Å². The first-order chi connectivity index (χ1) is 18.5. The molecule has 1 N–H and O–H groups in total. The van der Waals surface area contributed by atoms with Gasteiger partial charge in [0.1, 0.15) is 11.5 Å². The van der Waals surface area contributed by atoms with Crippen molar-refractivity contribution in [1.82, 2.24) is 5.32 Å². The zero-order valence-corrected chi connectivity index (χ0v) is 22.8. The maximum absolute atomic E-state index is 12.7. The van der Waals surface area contributed by atoms with Crippen LogP contribution in [0, 0.1) is 0 Å². The highest BCUT2D eigenvalue weighted by Gasteiger charge is 2.29. The van der Waals surface area contributed by atoms with Gasteiger partial charge in [-0.2, -0.15) is 0 Å². The molecule has 1 aliphatic heterocycles. The van der Waals surface area contributed by atoms with E-state index in [0.29, 0.717) is 49.6 Å². The molecule has 0 saturated carbocycles. The van der Waals surface area contributed by atoms with Crippen molar-refractivity contribution in [3.05, 3.63) is 87.9 Å². The number of amides is 1. The van der Waals surface area contributed by atoms with Crippen LogP contribution < -0.4 is 19.7 Å². The minimum atomic E-state index is -0.133. The Morgan fingerprint density at radius 2 is 1.76 bits per heavy atom. The minimum Gasteiger partial charge on any atom is -0.496 e. The summed E-state index contributed by atoms with van der Waals surface area (Å²) in [5.74, 6) is 1.57. The molecule has 0 bridgehead atoms. The number of anilines is 1. The third-order valence-electron chi connectivity index (χ3n) is 6.12. The van der Waals surface area contributed by atoms with Crippen molar-refractivity contribution in [2.75, 3.05) is 44.9 Å².